The highest BCUT2D eigenvalue weighted by molar-refractivity contribution is 6.04. The molecule has 0 aliphatic heterocycles. The van der Waals surface area contributed by atoms with Crippen LogP contribution in [0.1, 0.15) is 49.7 Å². The lowest BCUT2D eigenvalue weighted by Gasteiger charge is -2.23. The third-order valence-corrected chi connectivity index (χ3v) is 3.99. The van der Waals surface area contributed by atoms with Crippen LogP contribution in [-0.2, 0) is 6.42 Å². The van der Waals surface area contributed by atoms with Crippen molar-refractivity contribution in [2.75, 3.05) is 0 Å². The van der Waals surface area contributed by atoms with E-state index in [1.54, 1.807) is 0 Å². The van der Waals surface area contributed by atoms with E-state index in [9.17, 15) is 0 Å². The van der Waals surface area contributed by atoms with Crippen LogP contribution in [0.25, 0.3) is 0 Å². The minimum Gasteiger partial charge on any atom is -0.490 e. The summed E-state index contributed by atoms with van der Waals surface area (Å²) in [6.07, 6.45) is 8.47. The summed E-state index contributed by atoms with van der Waals surface area (Å²) in [6.45, 7) is 0. The third-order valence-electron chi connectivity index (χ3n) is 3.99. The second-order valence-electron chi connectivity index (χ2n) is 5.24. The zero-order valence-corrected chi connectivity index (χ0v) is 10.6. The van der Waals surface area contributed by atoms with Gasteiger partial charge in [-0.25, -0.2) is 0 Å². The minimum atomic E-state index is 0.393. The monoisotopic (exact) mass is 245 g/mol. The second-order valence-corrected chi connectivity index (χ2v) is 5.24. The molecular formula is C15H19NO2. The molecule has 3 heteroatoms. The molecule has 0 radical (unpaired) electrons. The Morgan fingerprint density at radius 1 is 1.11 bits per heavy atom. The first-order valence-corrected chi connectivity index (χ1v) is 6.88. The Bertz CT molecular complexity index is 462. The Hall–Kier alpha value is -1.51. The molecule has 0 unspecified atom stereocenters. The van der Waals surface area contributed by atoms with Crippen molar-refractivity contribution >= 4 is 5.71 Å². The molecule has 1 N–H and O–H groups in total. The molecule has 2 aliphatic rings. The van der Waals surface area contributed by atoms with Crippen molar-refractivity contribution in [1.82, 2.24) is 0 Å². The molecule has 1 fully saturated rings. The summed E-state index contributed by atoms with van der Waals surface area (Å²) in [4.78, 5) is 0. The van der Waals surface area contributed by atoms with E-state index in [-0.39, 0.29) is 0 Å². The zero-order chi connectivity index (χ0) is 12.4. The Kier molecular flexibility index (Phi) is 3.22. The van der Waals surface area contributed by atoms with Gasteiger partial charge in [-0.3, -0.25) is 0 Å². The van der Waals surface area contributed by atoms with E-state index in [0.717, 1.165) is 29.9 Å². The minimum absolute atomic E-state index is 0.393. The molecule has 3 rings (SSSR count). The van der Waals surface area contributed by atoms with Gasteiger partial charge in [0.2, 0.25) is 0 Å². The number of hydrogen-bond donors (Lipinski definition) is 1. The average molecular weight is 245 g/mol. The van der Waals surface area contributed by atoms with Crippen LogP contribution >= 0.6 is 0 Å². The average Bonchev–Trinajstić information content (AvgIpc) is 2.82. The van der Waals surface area contributed by atoms with Crippen LogP contribution < -0.4 is 4.74 Å². The lowest BCUT2D eigenvalue weighted by atomic mass is 9.98. The number of aryl methyl sites for hydroxylation is 1. The molecule has 1 saturated carbocycles. The zero-order valence-electron chi connectivity index (χ0n) is 10.6. The fraction of sp³-hybridized carbons (Fsp3) is 0.533. The smallest absolute Gasteiger partial charge is 0.120 e. The Morgan fingerprint density at radius 3 is 2.72 bits per heavy atom. The van der Waals surface area contributed by atoms with E-state index in [2.05, 4.69) is 11.2 Å². The van der Waals surface area contributed by atoms with E-state index in [0.29, 0.717) is 6.10 Å². The third kappa shape index (κ3) is 2.22. The van der Waals surface area contributed by atoms with E-state index in [1.807, 2.05) is 12.1 Å². The highest BCUT2D eigenvalue weighted by atomic mass is 16.5. The Morgan fingerprint density at radius 2 is 1.94 bits per heavy atom. The summed E-state index contributed by atoms with van der Waals surface area (Å²) < 4.78 is 6.05. The van der Waals surface area contributed by atoms with Gasteiger partial charge in [-0.1, -0.05) is 11.6 Å². The van der Waals surface area contributed by atoms with Crippen molar-refractivity contribution in [3.05, 3.63) is 29.3 Å². The Balaban J connectivity index is 1.75. The number of fused-ring (bicyclic) bond motifs is 1. The molecule has 18 heavy (non-hydrogen) atoms. The summed E-state index contributed by atoms with van der Waals surface area (Å²) >= 11 is 0. The molecule has 0 atom stereocenters. The number of hydrogen-bond acceptors (Lipinski definition) is 3. The molecule has 96 valence electrons. The number of ether oxygens (including phenoxy) is 1. The largest absolute Gasteiger partial charge is 0.490 e. The van der Waals surface area contributed by atoms with E-state index >= 15 is 0 Å². The number of benzene rings is 1. The van der Waals surface area contributed by atoms with Gasteiger partial charge in [-0.2, -0.15) is 0 Å². The van der Waals surface area contributed by atoms with Crippen LogP contribution in [-0.4, -0.2) is 17.0 Å². The van der Waals surface area contributed by atoms with Crippen LogP contribution in [0.2, 0.25) is 0 Å². The van der Waals surface area contributed by atoms with Crippen LogP contribution in [0, 0.1) is 0 Å². The molecule has 0 spiro atoms. The maximum Gasteiger partial charge on any atom is 0.120 e. The maximum absolute atomic E-state index is 8.90. The normalized spacial score (nSPS) is 22.1. The molecule has 0 bridgehead atoms. The van der Waals surface area contributed by atoms with E-state index in [4.69, 9.17) is 9.94 Å². The molecule has 0 aromatic heterocycles. The molecular weight excluding hydrogens is 226 g/mol. The van der Waals surface area contributed by atoms with Gasteiger partial charge in [-0.05, 0) is 62.3 Å². The molecule has 2 aliphatic carbocycles. The molecule has 0 amide bonds. The van der Waals surface area contributed by atoms with Gasteiger partial charge < -0.3 is 9.94 Å². The first kappa shape index (κ1) is 11.6. The van der Waals surface area contributed by atoms with Crippen molar-refractivity contribution in [2.24, 2.45) is 5.16 Å². The fourth-order valence-electron chi connectivity index (χ4n) is 3.00. The lowest BCUT2D eigenvalue weighted by Crippen LogP contribution is -2.19. The van der Waals surface area contributed by atoms with Gasteiger partial charge in [0.05, 0.1) is 11.8 Å². The highest BCUT2D eigenvalue weighted by Gasteiger charge is 2.20. The molecule has 1 aromatic carbocycles. The van der Waals surface area contributed by atoms with E-state index in [1.165, 1.54) is 37.7 Å². The lowest BCUT2D eigenvalue weighted by molar-refractivity contribution is 0.155. The summed E-state index contributed by atoms with van der Waals surface area (Å²) in [7, 11) is 0. The van der Waals surface area contributed by atoms with Crippen molar-refractivity contribution in [3.8, 4) is 5.75 Å². The summed E-state index contributed by atoms with van der Waals surface area (Å²) in [5.74, 6) is 0.972. The summed E-state index contributed by atoms with van der Waals surface area (Å²) in [6, 6.07) is 6.14. The van der Waals surface area contributed by atoms with Gasteiger partial charge >= 0.3 is 0 Å². The van der Waals surface area contributed by atoms with Crippen LogP contribution in [0.15, 0.2) is 23.4 Å². The second kappa shape index (κ2) is 5.01. The molecule has 0 heterocycles. The number of rotatable bonds is 2. The highest BCUT2D eigenvalue weighted by Crippen LogP contribution is 2.29. The SMILES string of the molecule is O/N=C1/CCc2cc(OC3CCCCC3)ccc21. The quantitative estimate of drug-likeness (QED) is 0.639. The topological polar surface area (TPSA) is 41.8 Å². The molecule has 3 nitrogen and oxygen atoms in total. The van der Waals surface area contributed by atoms with Crippen molar-refractivity contribution in [3.63, 3.8) is 0 Å². The van der Waals surface area contributed by atoms with Gasteiger partial charge in [0.1, 0.15) is 5.75 Å². The van der Waals surface area contributed by atoms with Crippen LogP contribution in [0.4, 0.5) is 0 Å². The summed E-state index contributed by atoms with van der Waals surface area (Å²) in [5, 5.41) is 12.2. The fourth-order valence-corrected chi connectivity index (χ4v) is 3.00. The predicted octanol–water partition coefficient (Wildman–Crippen LogP) is 3.52. The summed E-state index contributed by atoms with van der Waals surface area (Å²) in [5.41, 5.74) is 3.12. The Labute approximate surface area is 107 Å². The van der Waals surface area contributed by atoms with Gasteiger partial charge in [0.25, 0.3) is 0 Å². The number of nitrogens with zero attached hydrogens (tertiary/aromatic N) is 1. The van der Waals surface area contributed by atoms with Crippen molar-refractivity contribution in [1.29, 1.82) is 0 Å². The predicted molar refractivity (Wildman–Crippen MR) is 70.6 cm³/mol. The van der Waals surface area contributed by atoms with E-state index < -0.39 is 0 Å². The standard InChI is InChI=1S/C15H19NO2/c17-16-15-9-6-11-10-13(7-8-14(11)15)18-12-4-2-1-3-5-12/h7-8,10,12,17H,1-6,9H2/b16-15-. The molecule has 0 saturated heterocycles. The van der Waals surface area contributed by atoms with Crippen molar-refractivity contribution in [2.45, 2.75) is 51.0 Å². The number of oxime groups is 1. The maximum atomic E-state index is 8.90. The van der Waals surface area contributed by atoms with Gasteiger partial charge in [0.15, 0.2) is 0 Å². The van der Waals surface area contributed by atoms with Gasteiger partial charge in [-0.15, -0.1) is 0 Å². The first-order chi connectivity index (χ1) is 8.86. The first-order valence-electron chi connectivity index (χ1n) is 6.88. The molecule has 1 aromatic rings. The van der Waals surface area contributed by atoms with Crippen molar-refractivity contribution < 1.29 is 9.94 Å². The van der Waals surface area contributed by atoms with Crippen LogP contribution in [0.5, 0.6) is 5.75 Å². The van der Waals surface area contributed by atoms with Crippen LogP contribution in [0.3, 0.4) is 0 Å². The van der Waals surface area contributed by atoms with Gasteiger partial charge in [0, 0.05) is 5.56 Å².